The minimum absolute atomic E-state index is 0.298. The molecule has 0 spiro atoms. The smallest absolute Gasteiger partial charge is 0.319 e. The number of aromatic nitrogens is 2. The van der Waals surface area contributed by atoms with Crippen LogP contribution in [0.3, 0.4) is 0 Å². The predicted octanol–water partition coefficient (Wildman–Crippen LogP) is 4.89. The molecule has 182 valence electrons. The van der Waals surface area contributed by atoms with Gasteiger partial charge in [-0.05, 0) is 40.8 Å². The number of hydrogen-bond acceptors (Lipinski definition) is 6. The molecule has 8 nitrogen and oxygen atoms in total. The first-order valence-corrected chi connectivity index (χ1v) is 12.4. The molecule has 36 heavy (non-hydrogen) atoms. The molecule has 0 unspecified atom stereocenters. The van der Waals surface area contributed by atoms with Gasteiger partial charge in [-0.2, -0.15) is 0 Å². The Labute approximate surface area is 212 Å². The van der Waals surface area contributed by atoms with Gasteiger partial charge in [0.25, 0.3) is 5.91 Å². The van der Waals surface area contributed by atoms with E-state index in [1.54, 1.807) is 6.92 Å². The molecule has 4 aromatic rings. The minimum Gasteiger partial charge on any atom is -0.319 e. The summed E-state index contributed by atoms with van der Waals surface area (Å²) in [6.45, 7) is 5.48. The highest BCUT2D eigenvalue weighted by molar-refractivity contribution is 7.18. The Kier molecular flexibility index (Phi) is 6.01. The third kappa shape index (κ3) is 4.33. The Hall–Kier alpha value is -4.11. The fourth-order valence-electron chi connectivity index (χ4n) is 4.24. The number of nitrogens with one attached hydrogen (secondary N) is 2. The monoisotopic (exact) mass is 499 g/mol. The summed E-state index contributed by atoms with van der Waals surface area (Å²) in [5.41, 5.74) is 1.51. The predicted molar refractivity (Wildman–Crippen MR) is 140 cm³/mol. The summed E-state index contributed by atoms with van der Waals surface area (Å²) in [6, 6.07) is 20.8. The Bertz CT molecular complexity index is 1480. The van der Waals surface area contributed by atoms with Gasteiger partial charge in [0.2, 0.25) is 11.0 Å². The summed E-state index contributed by atoms with van der Waals surface area (Å²) in [5.74, 6) is -0.586. The third-order valence-corrected chi connectivity index (χ3v) is 7.29. The van der Waals surface area contributed by atoms with Crippen molar-refractivity contribution >= 4 is 45.1 Å². The van der Waals surface area contributed by atoms with Gasteiger partial charge in [-0.1, -0.05) is 85.8 Å². The molecule has 0 bridgehead atoms. The molecular formula is C27H25N5O3S. The summed E-state index contributed by atoms with van der Waals surface area (Å²) < 4.78 is 0. The van der Waals surface area contributed by atoms with E-state index < -0.39 is 29.9 Å². The molecule has 5 rings (SSSR count). The molecule has 2 heterocycles. The van der Waals surface area contributed by atoms with E-state index in [0.717, 1.165) is 21.2 Å². The Morgan fingerprint density at radius 3 is 2.47 bits per heavy atom. The molecule has 4 amide bonds. The number of rotatable bonds is 6. The van der Waals surface area contributed by atoms with Crippen molar-refractivity contribution < 1.29 is 14.4 Å². The lowest BCUT2D eigenvalue weighted by Crippen LogP contribution is -2.42. The average Bonchev–Trinajstić information content (AvgIpc) is 3.42. The molecule has 1 aliphatic heterocycles. The number of imide groups is 1. The number of benzene rings is 3. The second-order valence-corrected chi connectivity index (χ2v) is 10.2. The lowest BCUT2D eigenvalue weighted by atomic mass is 9.90. The number of urea groups is 1. The molecule has 1 fully saturated rings. The standard InChI is InChI=1S/C27H25N5O3S/c1-16(2)17-8-10-19(11-9-17)23-30-31-25(36-23)28-22(33)15-32-24(34)27(3,29-26(32)35)21-13-12-18-6-4-5-7-20(18)14-21/h4-14,16H,15H2,1-3H3,(H,29,35)(H,28,31,33)/t27-/m0/s1. The largest absolute Gasteiger partial charge is 0.325 e. The van der Waals surface area contributed by atoms with Crippen molar-refractivity contribution in [3.05, 3.63) is 77.9 Å². The molecule has 2 N–H and O–H groups in total. The fraction of sp³-hybridized carbons (Fsp3) is 0.222. The Morgan fingerprint density at radius 1 is 1.03 bits per heavy atom. The van der Waals surface area contributed by atoms with E-state index in [9.17, 15) is 14.4 Å². The SMILES string of the molecule is CC(C)c1ccc(-c2nnc(NC(=O)CN3C(=O)N[C@@](C)(c4ccc5ccccc5c4)C3=O)s2)cc1. The van der Waals surface area contributed by atoms with Crippen LogP contribution in [-0.4, -0.2) is 39.5 Å². The lowest BCUT2D eigenvalue weighted by molar-refractivity contribution is -0.133. The summed E-state index contributed by atoms with van der Waals surface area (Å²) in [4.78, 5) is 39.6. The molecule has 1 aliphatic rings. The number of anilines is 1. The zero-order chi connectivity index (χ0) is 25.4. The van der Waals surface area contributed by atoms with Crippen molar-refractivity contribution in [2.75, 3.05) is 11.9 Å². The summed E-state index contributed by atoms with van der Waals surface area (Å²) >= 11 is 1.23. The van der Waals surface area contributed by atoms with E-state index in [-0.39, 0.29) is 0 Å². The Balaban J connectivity index is 1.27. The molecule has 0 aliphatic carbocycles. The van der Waals surface area contributed by atoms with Crippen LogP contribution in [-0.2, 0) is 15.1 Å². The summed E-state index contributed by atoms with van der Waals surface area (Å²) in [5, 5.41) is 16.6. The molecule has 1 atom stereocenters. The minimum atomic E-state index is -1.26. The first-order chi connectivity index (χ1) is 17.2. The van der Waals surface area contributed by atoms with Gasteiger partial charge in [-0.25, -0.2) is 4.79 Å². The third-order valence-electron chi connectivity index (χ3n) is 6.40. The second kappa shape index (κ2) is 9.16. The van der Waals surface area contributed by atoms with Crippen LogP contribution in [0, 0.1) is 0 Å². The van der Waals surface area contributed by atoms with E-state index in [1.807, 2.05) is 66.7 Å². The summed E-state index contributed by atoms with van der Waals surface area (Å²) in [6.07, 6.45) is 0. The quantitative estimate of drug-likeness (QED) is 0.368. The maximum atomic E-state index is 13.3. The molecule has 0 radical (unpaired) electrons. The van der Waals surface area contributed by atoms with Crippen molar-refractivity contribution in [3.8, 4) is 10.6 Å². The van der Waals surface area contributed by atoms with Gasteiger partial charge in [0.1, 0.15) is 17.1 Å². The fourth-order valence-corrected chi connectivity index (χ4v) is 5.01. The van der Waals surface area contributed by atoms with E-state index >= 15 is 0 Å². The normalized spacial score (nSPS) is 17.6. The van der Waals surface area contributed by atoms with Gasteiger partial charge in [0.05, 0.1) is 0 Å². The van der Waals surface area contributed by atoms with Gasteiger partial charge in [0, 0.05) is 5.56 Å². The highest BCUT2D eigenvalue weighted by Crippen LogP contribution is 2.31. The number of hydrogen-bond donors (Lipinski definition) is 2. The van der Waals surface area contributed by atoms with Crippen LogP contribution in [0.1, 0.15) is 37.8 Å². The highest BCUT2D eigenvalue weighted by Gasteiger charge is 2.49. The first-order valence-electron chi connectivity index (χ1n) is 11.6. The molecule has 9 heteroatoms. The zero-order valence-electron chi connectivity index (χ0n) is 20.1. The van der Waals surface area contributed by atoms with Gasteiger partial charge in [0.15, 0.2) is 0 Å². The van der Waals surface area contributed by atoms with Crippen LogP contribution in [0.4, 0.5) is 9.93 Å². The van der Waals surface area contributed by atoms with Crippen molar-refractivity contribution in [2.24, 2.45) is 0 Å². The number of carbonyl (C=O) groups is 3. The van der Waals surface area contributed by atoms with Crippen LogP contribution in [0.2, 0.25) is 0 Å². The molecular weight excluding hydrogens is 474 g/mol. The van der Waals surface area contributed by atoms with Gasteiger partial charge < -0.3 is 5.32 Å². The van der Waals surface area contributed by atoms with E-state index in [2.05, 4.69) is 34.7 Å². The van der Waals surface area contributed by atoms with Crippen molar-refractivity contribution in [1.29, 1.82) is 0 Å². The van der Waals surface area contributed by atoms with Crippen LogP contribution >= 0.6 is 11.3 Å². The van der Waals surface area contributed by atoms with Crippen LogP contribution in [0.15, 0.2) is 66.7 Å². The molecule has 1 saturated heterocycles. The van der Waals surface area contributed by atoms with Crippen molar-refractivity contribution in [2.45, 2.75) is 32.2 Å². The van der Waals surface area contributed by atoms with Gasteiger partial charge in [-0.15, -0.1) is 10.2 Å². The van der Waals surface area contributed by atoms with E-state index in [1.165, 1.54) is 16.9 Å². The van der Waals surface area contributed by atoms with E-state index in [0.29, 0.717) is 21.6 Å². The van der Waals surface area contributed by atoms with Gasteiger partial charge in [-0.3, -0.25) is 19.8 Å². The van der Waals surface area contributed by atoms with Gasteiger partial charge >= 0.3 is 6.03 Å². The second-order valence-electron chi connectivity index (χ2n) is 9.25. The van der Waals surface area contributed by atoms with Crippen LogP contribution in [0.5, 0.6) is 0 Å². The number of nitrogens with zero attached hydrogens (tertiary/aromatic N) is 3. The van der Waals surface area contributed by atoms with E-state index in [4.69, 9.17) is 0 Å². The zero-order valence-corrected chi connectivity index (χ0v) is 20.9. The maximum Gasteiger partial charge on any atom is 0.325 e. The van der Waals surface area contributed by atoms with Crippen molar-refractivity contribution in [1.82, 2.24) is 20.4 Å². The molecule has 0 saturated carbocycles. The average molecular weight is 500 g/mol. The lowest BCUT2D eigenvalue weighted by Gasteiger charge is -2.22. The van der Waals surface area contributed by atoms with Crippen LogP contribution in [0.25, 0.3) is 21.3 Å². The van der Waals surface area contributed by atoms with Crippen LogP contribution < -0.4 is 10.6 Å². The first kappa shape index (κ1) is 23.6. The number of fused-ring (bicyclic) bond motifs is 1. The van der Waals surface area contributed by atoms with Crippen molar-refractivity contribution in [3.63, 3.8) is 0 Å². The topological polar surface area (TPSA) is 104 Å². The molecule has 3 aromatic carbocycles. The Morgan fingerprint density at radius 2 is 1.75 bits per heavy atom. The molecule has 1 aromatic heterocycles. The summed E-state index contributed by atoms with van der Waals surface area (Å²) in [7, 11) is 0. The number of amides is 4. The maximum absolute atomic E-state index is 13.3. The number of carbonyl (C=O) groups excluding carboxylic acids is 3. The highest BCUT2D eigenvalue weighted by atomic mass is 32.1.